The van der Waals surface area contributed by atoms with E-state index in [-0.39, 0.29) is 0 Å². The standard InChI is InChI=1S/C6H14N2/c1-2-8-5-3-7-4-6-8/h7H,2-6H2,1H3/i3D,4D,5D,6D. The molecule has 1 N–H and O–H groups in total. The van der Waals surface area contributed by atoms with Crippen molar-refractivity contribution < 1.29 is 5.48 Å². The minimum absolute atomic E-state index is 0.550. The van der Waals surface area contributed by atoms with E-state index in [9.17, 15) is 0 Å². The lowest BCUT2D eigenvalue weighted by molar-refractivity contribution is 0.253. The molecule has 2 heteroatoms. The largest absolute Gasteiger partial charge is 0.314 e. The fourth-order valence-electron chi connectivity index (χ4n) is 0.594. The van der Waals surface area contributed by atoms with Crippen LogP contribution in [0.25, 0.3) is 0 Å². The van der Waals surface area contributed by atoms with E-state index in [0.29, 0.717) is 6.54 Å². The van der Waals surface area contributed by atoms with Gasteiger partial charge in [0.2, 0.25) is 0 Å². The lowest BCUT2D eigenvalue weighted by Crippen LogP contribution is -2.43. The molecule has 0 bridgehead atoms. The Morgan fingerprint density at radius 1 is 1.62 bits per heavy atom. The average molecular weight is 118 g/mol. The van der Waals surface area contributed by atoms with Gasteiger partial charge in [-0.2, -0.15) is 0 Å². The summed E-state index contributed by atoms with van der Waals surface area (Å²) >= 11 is 0. The molecule has 0 aliphatic carbocycles. The van der Waals surface area contributed by atoms with Crippen molar-refractivity contribution in [1.82, 2.24) is 10.2 Å². The summed E-state index contributed by atoms with van der Waals surface area (Å²) in [5.74, 6) is 0. The first-order chi connectivity index (χ1) is 5.57. The molecule has 1 aliphatic heterocycles. The molecule has 0 aromatic carbocycles. The first-order valence-corrected chi connectivity index (χ1v) is 2.78. The van der Waals surface area contributed by atoms with Gasteiger partial charge in [0.15, 0.2) is 0 Å². The van der Waals surface area contributed by atoms with Gasteiger partial charge in [0, 0.05) is 31.6 Å². The van der Waals surface area contributed by atoms with Crippen molar-refractivity contribution in [2.24, 2.45) is 0 Å². The Morgan fingerprint density at radius 2 is 2.25 bits per heavy atom. The molecule has 8 heavy (non-hydrogen) atoms. The van der Waals surface area contributed by atoms with Crippen molar-refractivity contribution in [2.45, 2.75) is 6.92 Å². The van der Waals surface area contributed by atoms with E-state index in [4.69, 9.17) is 5.48 Å². The van der Waals surface area contributed by atoms with Crippen molar-refractivity contribution in [3.05, 3.63) is 0 Å². The Hall–Kier alpha value is -0.0800. The van der Waals surface area contributed by atoms with Crippen LogP contribution in [0.15, 0.2) is 0 Å². The number of rotatable bonds is 1. The van der Waals surface area contributed by atoms with E-state index in [1.807, 2.05) is 6.92 Å². The van der Waals surface area contributed by atoms with Crippen molar-refractivity contribution >= 4 is 0 Å². The maximum atomic E-state index is 7.53. The highest BCUT2D eigenvalue weighted by Gasteiger charge is 2.04. The number of nitrogens with one attached hydrogen (secondary N) is 1. The molecular weight excluding hydrogens is 100 g/mol. The smallest absolute Gasteiger partial charge is 0.0444 e. The predicted octanol–water partition coefficient (Wildman–Crippen LogP) is -0.0885. The fourth-order valence-corrected chi connectivity index (χ4v) is 0.594. The molecule has 1 fully saturated rings. The minimum Gasteiger partial charge on any atom is -0.314 e. The molecule has 1 saturated heterocycles. The summed E-state index contributed by atoms with van der Waals surface area (Å²) in [6, 6.07) is 0. The van der Waals surface area contributed by atoms with Gasteiger partial charge >= 0.3 is 0 Å². The quantitative estimate of drug-likeness (QED) is 0.518. The zero-order valence-electron chi connectivity index (χ0n) is 8.96. The van der Waals surface area contributed by atoms with E-state index >= 15 is 0 Å². The summed E-state index contributed by atoms with van der Waals surface area (Å²) < 4.78 is 29.8. The van der Waals surface area contributed by atoms with Crippen LogP contribution in [0.2, 0.25) is 0 Å². The molecule has 2 nitrogen and oxygen atoms in total. The number of likely N-dealkylation sites (N-methyl/N-ethyl adjacent to an activating group) is 1. The Kier molecular flexibility index (Phi) is 1.02. The SMILES string of the molecule is [2H]C1NC([2H])C([2H])N(CC)C1[2H]. The number of hydrogen-bond donors (Lipinski definition) is 1. The molecule has 0 spiro atoms. The number of nitrogens with zero attached hydrogens (tertiary/aromatic N) is 1. The minimum atomic E-state index is -0.769. The molecular formula is C6H14N2. The Balaban J connectivity index is 2.67. The molecule has 0 saturated carbocycles. The lowest BCUT2D eigenvalue weighted by atomic mass is 10.4. The third-order valence-electron chi connectivity index (χ3n) is 1.09. The summed E-state index contributed by atoms with van der Waals surface area (Å²) in [5, 5.41) is 2.56. The second kappa shape index (κ2) is 3.05. The van der Waals surface area contributed by atoms with Crippen LogP contribution in [0.4, 0.5) is 0 Å². The van der Waals surface area contributed by atoms with E-state index in [0.717, 1.165) is 0 Å². The number of hydrogen-bond acceptors (Lipinski definition) is 2. The van der Waals surface area contributed by atoms with Crippen LogP contribution in [0.3, 0.4) is 0 Å². The first kappa shape index (κ1) is 2.67. The second-order valence-electron chi connectivity index (χ2n) is 1.63. The topological polar surface area (TPSA) is 15.3 Å². The van der Waals surface area contributed by atoms with Gasteiger partial charge in [-0.3, -0.25) is 0 Å². The van der Waals surface area contributed by atoms with E-state index < -0.39 is 26.1 Å². The summed E-state index contributed by atoms with van der Waals surface area (Å²) in [6.07, 6.45) is 0. The van der Waals surface area contributed by atoms with Crippen LogP contribution in [0, 0.1) is 0 Å². The molecule has 48 valence electrons. The van der Waals surface area contributed by atoms with Gasteiger partial charge in [0.25, 0.3) is 0 Å². The van der Waals surface area contributed by atoms with Gasteiger partial charge in [0.1, 0.15) is 0 Å². The molecule has 0 amide bonds. The molecule has 4 atom stereocenters. The highest BCUT2D eigenvalue weighted by Crippen LogP contribution is 1.88. The third kappa shape index (κ3) is 1.46. The van der Waals surface area contributed by atoms with Crippen molar-refractivity contribution in [3.63, 3.8) is 0 Å². The summed E-state index contributed by atoms with van der Waals surface area (Å²) in [5.41, 5.74) is 0. The summed E-state index contributed by atoms with van der Waals surface area (Å²) in [7, 11) is 0. The first-order valence-electron chi connectivity index (χ1n) is 5.09. The molecule has 4 unspecified atom stereocenters. The van der Waals surface area contributed by atoms with Crippen molar-refractivity contribution in [1.29, 1.82) is 0 Å². The van der Waals surface area contributed by atoms with E-state index in [1.165, 1.54) is 4.90 Å². The van der Waals surface area contributed by atoms with E-state index in [1.54, 1.807) is 0 Å². The van der Waals surface area contributed by atoms with Crippen LogP contribution < -0.4 is 5.32 Å². The van der Waals surface area contributed by atoms with Crippen LogP contribution in [0.5, 0.6) is 0 Å². The van der Waals surface area contributed by atoms with Gasteiger partial charge in [-0.15, -0.1) is 0 Å². The molecule has 0 radical (unpaired) electrons. The highest BCUT2D eigenvalue weighted by atomic mass is 15.2. The van der Waals surface area contributed by atoms with Crippen LogP contribution in [-0.4, -0.2) is 37.5 Å². The lowest BCUT2D eigenvalue weighted by Gasteiger charge is -2.25. The third-order valence-corrected chi connectivity index (χ3v) is 1.09. The molecule has 1 aliphatic rings. The zero-order chi connectivity index (χ0) is 9.30. The van der Waals surface area contributed by atoms with Gasteiger partial charge in [-0.1, -0.05) is 6.92 Å². The fraction of sp³-hybridized carbons (Fsp3) is 1.00. The second-order valence-corrected chi connectivity index (χ2v) is 1.63. The maximum absolute atomic E-state index is 7.53. The van der Waals surface area contributed by atoms with Crippen molar-refractivity contribution in [3.8, 4) is 0 Å². The van der Waals surface area contributed by atoms with Crippen molar-refractivity contribution in [2.75, 3.05) is 32.6 Å². The van der Waals surface area contributed by atoms with Gasteiger partial charge in [-0.05, 0) is 6.54 Å². The van der Waals surface area contributed by atoms with Gasteiger partial charge in [-0.25, -0.2) is 0 Å². The van der Waals surface area contributed by atoms with Gasteiger partial charge in [0.05, 0.1) is 0 Å². The van der Waals surface area contributed by atoms with E-state index in [2.05, 4.69) is 5.32 Å². The Morgan fingerprint density at radius 3 is 2.75 bits per heavy atom. The number of piperazine rings is 1. The van der Waals surface area contributed by atoms with Crippen LogP contribution >= 0.6 is 0 Å². The summed E-state index contributed by atoms with van der Waals surface area (Å²) in [4.78, 5) is 1.53. The zero-order valence-corrected chi connectivity index (χ0v) is 4.96. The molecule has 0 aromatic rings. The van der Waals surface area contributed by atoms with Gasteiger partial charge < -0.3 is 10.2 Å². The Bertz CT molecular complexity index is 142. The average Bonchev–Trinajstić information content (AvgIpc) is 2.02. The Labute approximate surface area is 56.5 Å². The molecule has 0 aromatic heterocycles. The van der Waals surface area contributed by atoms with Crippen LogP contribution in [-0.2, 0) is 0 Å². The molecule has 1 heterocycles. The van der Waals surface area contributed by atoms with Crippen LogP contribution in [0.1, 0.15) is 12.4 Å². The summed E-state index contributed by atoms with van der Waals surface area (Å²) in [6.45, 7) is -0.593. The predicted molar refractivity (Wildman–Crippen MR) is 35.0 cm³/mol. The highest BCUT2D eigenvalue weighted by molar-refractivity contribution is 4.64. The normalized spacial score (nSPS) is 67.6. The molecule has 1 rings (SSSR count). The maximum Gasteiger partial charge on any atom is 0.0444 e. The monoisotopic (exact) mass is 118 g/mol.